The normalized spacial score (nSPS) is 18.8. The first-order chi connectivity index (χ1) is 10.7. The van der Waals surface area contributed by atoms with Crippen molar-refractivity contribution in [2.45, 2.75) is 104 Å². The molecule has 0 saturated carbocycles. The second-order valence-electron chi connectivity index (χ2n) is 9.75. The van der Waals surface area contributed by atoms with Crippen LogP contribution in [0.25, 0.3) is 0 Å². The van der Waals surface area contributed by atoms with Crippen LogP contribution in [0.5, 0.6) is 0 Å². The molecule has 0 aromatic heterocycles. The van der Waals surface area contributed by atoms with Gasteiger partial charge in [0.05, 0.1) is 12.2 Å². The van der Waals surface area contributed by atoms with Crippen LogP contribution in [0.15, 0.2) is 0 Å². The van der Waals surface area contributed by atoms with E-state index >= 15 is 0 Å². The zero-order valence-electron chi connectivity index (χ0n) is 18.0. The highest BCUT2D eigenvalue weighted by molar-refractivity contribution is 6.74. The van der Waals surface area contributed by atoms with Gasteiger partial charge >= 0.3 is 0 Å². The molecule has 0 aliphatic heterocycles. The fourth-order valence-electron chi connectivity index (χ4n) is 2.66. The maximum atomic E-state index is 11.5. The van der Waals surface area contributed by atoms with Crippen LogP contribution < -0.4 is 0 Å². The maximum Gasteiger partial charge on any atom is 0.192 e. The molecule has 4 atom stereocenters. The van der Waals surface area contributed by atoms with Crippen LogP contribution in [0.2, 0.25) is 37.8 Å². The summed E-state index contributed by atoms with van der Waals surface area (Å²) in [7, 11) is -3.58. The topological polar surface area (TPSA) is 35.5 Å². The first kappa shape index (κ1) is 24.0. The highest BCUT2D eigenvalue weighted by Crippen LogP contribution is 2.39. The van der Waals surface area contributed by atoms with E-state index in [1.54, 1.807) is 0 Å². The minimum atomic E-state index is -1.85. The molecule has 0 amide bonds. The van der Waals surface area contributed by atoms with Gasteiger partial charge in [0.25, 0.3) is 0 Å². The van der Waals surface area contributed by atoms with Crippen molar-refractivity contribution in [3.63, 3.8) is 0 Å². The van der Waals surface area contributed by atoms with E-state index in [4.69, 9.17) is 8.85 Å². The first-order valence-electron chi connectivity index (χ1n) is 9.47. The van der Waals surface area contributed by atoms with E-state index in [1.165, 1.54) is 0 Å². The lowest BCUT2D eigenvalue weighted by molar-refractivity contribution is -0.115. The van der Waals surface area contributed by atoms with Crippen molar-refractivity contribution in [1.29, 1.82) is 0 Å². The monoisotopic (exact) mass is 374 g/mol. The van der Waals surface area contributed by atoms with E-state index in [0.717, 1.165) is 19.1 Å². The average Bonchev–Trinajstić information content (AvgIpc) is 2.40. The Bertz CT molecular complexity index is 383. The van der Waals surface area contributed by atoms with Gasteiger partial charge in [-0.2, -0.15) is 0 Å². The van der Waals surface area contributed by atoms with Gasteiger partial charge in [0.15, 0.2) is 16.6 Å². The van der Waals surface area contributed by atoms with Gasteiger partial charge < -0.3 is 13.6 Å². The van der Waals surface area contributed by atoms with Crippen LogP contribution in [0.4, 0.5) is 0 Å². The molecule has 4 unspecified atom stereocenters. The summed E-state index contributed by atoms with van der Waals surface area (Å²) in [6.45, 7) is 24.4. The molecule has 0 aromatic rings. The lowest BCUT2D eigenvalue weighted by Crippen LogP contribution is -2.50. The third-order valence-corrected chi connectivity index (χ3v) is 10.6. The number of rotatable bonds is 10. The summed E-state index contributed by atoms with van der Waals surface area (Å²) in [6.07, 6.45) is 3.23. The summed E-state index contributed by atoms with van der Waals surface area (Å²) in [6, 6.07) is 0. The maximum absolute atomic E-state index is 11.5. The Morgan fingerprint density at radius 1 is 1.00 bits per heavy atom. The molecular weight excluding hydrogens is 332 g/mol. The summed E-state index contributed by atoms with van der Waals surface area (Å²) in [5.74, 6) is 0.111. The van der Waals surface area contributed by atoms with Gasteiger partial charge in [-0.05, 0) is 44.2 Å². The lowest BCUT2D eigenvalue weighted by Gasteiger charge is -2.43. The number of carbonyl (C=O) groups excluding carboxylic acids is 1. The van der Waals surface area contributed by atoms with Crippen molar-refractivity contribution >= 4 is 22.9 Å². The Morgan fingerprint density at radius 2 is 1.50 bits per heavy atom. The van der Waals surface area contributed by atoms with Gasteiger partial charge in [-0.3, -0.25) is 0 Å². The predicted molar refractivity (Wildman–Crippen MR) is 110 cm³/mol. The Morgan fingerprint density at radius 3 is 1.83 bits per heavy atom. The number of carbonyl (C=O) groups is 1. The summed E-state index contributed by atoms with van der Waals surface area (Å²) >= 11 is 0. The third kappa shape index (κ3) is 7.50. The van der Waals surface area contributed by atoms with Crippen LogP contribution >= 0.6 is 0 Å². The van der Waals surface area contributed by atoms with E-state index in [2.05, 4.69) is 67.4 Å². The van der Waals surface area contributed by atoms with Gasteiger partial charge in [0, 0.05) is 11.8 Å². The summed E-state index contributed by atoms with van der Waals surface area (Å²) in [4.78, 5) is 11.5. The molecule has 0 rings (SSSR count). The van der Waals surface area contributed by atoms with Crippen LogP contribution in [-0.2, 0) is 13.6 Å². The van der Waals surface area contributed by atoms with E-state index in [9.17, 15) is 4.79 Å². The SMILES string of the molecule is CCCC(O[Si](C)(C)C(C)(C)C)C(C)C(O[Si](C)(C)C)C(C)C=O. The van der Waals surface area contributed by atoms with Gasteiger partial charge in [0.1, 0.15) is 6.29 Å². The van der Waals surface area contributed by atoms with Crippen molar-refractivity contribution < 1.29 is 13.6 Å². The molecule has 0 aliphatic rings. The number of aldehydes is 1. The van der Waals surface area contributed by atoms with E-state index < -0.39 is 16.6 Å². The number of hydrogen-bond donors (Lipinski definition) is 0. The van der Waals surface area contributed by atoms with E-state index in [0.29, 0.717) is 0 Å². The molecule has 0 radical (unpaired) electrons. The molecular formula is C19H42O3Si2. The second-order valence-corrected chi connectivity index (χ2v) is 19.0. The average molecular weight is 375 g/mol. The molecule has 3 nitrogen and oxygen atoms in total. The Labute approximate surface area is 153 Å². The van der Waals surface area contributed by atoms with Crippen molar-refractivity contribution in [3.8, 4) is 0 Å². The zero-order chi connectivity index (χ0) is 19.3. The fourth-order valence-corrected chi connectivity index (χ4v) is 5.35. The molecule has 0 bridgehead atoms. The molecule has 0 aliphatic carbocycles. The first-order valence-corrected chi connectivity index (χ1v) is 15.8. The molecule has 0 saturated heterocycles. The van der Waals surface area contributed by atoms with Crippen molar-refractivity contribution in [2.75, 3.05) is 0 Å². The van der Waals surface area contributed by atoms with E-state index in [-0.39, 0.29) is 29.1 Å². The standard InChI is InChI=1S/C19H42O3Si2/c1-12-13-17(21-24(10,11)19(4,5)6)16(3)18(15(2)14-20)22-23(7,8)9/h14-18H,12-13H2,1-11H3. The fraction of sp³-hybridized carbons (Fsp3) is 0.947. The predicted octanol–water partition coefficient (Wildman–Crippen LogP) is 5.87. The molecule has 144 valence electrons. The van der Waals surface area contributed by atoms with Gasteiger partial charge in [-0.25, -0.2) is 0 Å². The van der Waals surface area contributed by atoms with E-state index in [1.807, 2.05) is 6.92 Å². The Balaban J connectivity index is 5.48. The van der Waals surface area contributed by atoms with Crippen LogP contribution in [0.3, 0.4) is 0 Å². The minimum Gasteiger partial charge on any atom is -0.414 e. The van der Waals surface area contributed by atoms with Gasteiger partial charge in [-0.1, -0.05) is 48.0 Å². The van der Waals surface area contributed by atoms with Crippen molar-refractivity contribution in [1.82, 2.24) is 0 Å². The minimum absolute atomic E-state index is 0.0597. The summed E-state index contributed by atoms with van der Waals surface area (Å²) in [5.41, 5.74) is 0. The molecule has 0 heterocycles. The van der Waals surface area contributed by atoms with Crippen LogP contribution in [0.1, 0.15) is 54.4 Å². The van der Waals surface area contributed by atoms with Gasteiger partial charge in [0.2, 0.25) is 0 Å². The molecule has 0 fully saturated rings. The second kappa shape index (κ2) is 9.10. The number of hydrogen-bond acceptors (Lipinski definition) is 3. The van der Waals surface area contributed by atoms with Gasteiger partial charge in [-0.15, -0.1) is 0 Å². The molecule has 0 aromatic carbocycles. The third-order valence-electron chi connectivity index (χ3n) is 5.15. The zero-order valence-corrected chi connectivity index (χ0v) is 20.0. The summed E-state index contributed by atoms with van der Waals surface area (Å²) < 4.78 is 13.2. The Kier molecular flexibility index (Phi) is 9.11. The lowest BCUT2D eigenvalue weighted by atomic mass is 9.88. The molecule has 24 heavy (non-hydrogen) atoms. The molecule has 0 spiro atoms. The summed E-state index contributed by atoms with van der Waals surface area (Å²) in [5, 5.41) is 0.185. The van der Waals surface area contributed by atoms with Crippen LogP contribution in [0, 0.1) is 11.8 Å². The molecule has 5 heteroatoms. The quantitative estimate of drug-likeness (QED) is 0.354. The highest BCUT2D eigenvalue weighted by Gasteiger charge is 2.42. The van der Waals surface area contributed by atoms with Crippen LogP contribution in [-0.4, -0.2) is 35.1 Å². The smallest absolute Gasteiger partial charge is 0.192 e. The van der Waals surface area contributed by atoms with Crippen molar-refractivity contribution in [3.05, 3.63) is 0 Å². The Hall–Kier alpha value is 0.0238. The highest BCUT2D eigenvalue weighted by atomic mass is 28.4. The largest absolute Gasteiger partial charge is 0.414 e. The molecule has 0 N–H and O–H groups in total. The van der Waals surface area contributed by atoms with Crippen molar-refractivity contribution in [2.24, 2.45) is 11.8 Å².